The third-order valence-corrected chi connectivity index (χ3v) is 5.32. The maximum atomic E-state index is 12.4. The van der Waals surface area contributed by atoms with E-state index in [0.29, 0.717) is 17.0 Å². The van der Waals surface area contributed by atoms with Gasteiger partial charge in [-0.1, -0.05) is 30.3 Å². The Morgan fingerprint density at radius 2 is 1.72 bits per heavy atom. The van der Waals surface area contributed by atoms with Crippen LogP contribution in [0.25, 0.3) is 0 Å². The molecule has 2 N–H and O–H groups in total. The lowest BCUT2D eigenvalue weighted by Crippen LogP contribution is -2.46. The van der Waals surface area contributed by atoms with Crippen LogP contribution in [0.15, 0.2) is 30.3 Å². The minimum absolute atomic E-state index is 0.164. The van der Waals surface area contributed by atoms with Crippen molar-refractivity contribution in [2.45, 2.75) is 37.5 Å². The molecule has 1 atom stereocenters. The Morgan fingerprint density at radius 3 is 2.11 bits per heavy atom. The molecule has 0 saturated carbocycles. The maximum Gasteiger partial charge on any atom is 0.352 e. The van der Waals surface area contributed by atoms with Crippen molar-refractivity contribution in [2.24, 2.45) is 0 Å². The molecule has 0 aliphatic carbocycles. The molecule has 1 saturated heterocycles. The summed E-state index contributed by atoms with van der Waals surface area (Å²) in [6.45, 7) is 3.42. The summed E-state index contributed by atoms with van der Waals surface area (Å²) < 4.78 is 11.9. The minimum Gasteiger partial charge on any atom is -0.323 e. The Morgan fingerprint density at radius 1 is 1.17 bits per heavy atom. The fourth-order valence-corrected chi connectivity index (χ4v) is 3.98. The Labute approximate surface area is 106 Å². The molecular formula is C12H17NO4P. The Hall–Kier alpha value is -0.710. The molecule has 0 spiro atoms. The Bertz CT molecular complexity index is 484. The molecule has 0 amide bonds. The highest BCUT2D eigenvalue weighted by atomic mass is 31.2. The predicted molar refractivity (Wildman–Crippen MR) is 66.0 cm³/mol. The fourth-order valence-electron chi connectivity index (χ4n) is 2.58. The van der Waals surface area contributed by atoms with Gasteiger partial charge in [0, 0.05) is 5.54 Å². The number of hydroxylamine groups is 2. The van der Waals surface area contributed by atoms with Crippen molar-refractivity contribution >= 4 is 7.60 Å². The lowest BCUT2D eigenvalue weighted by Gasteiger charge is -2.38. The van der Waals surface area contributed by atoms with E-state index in [1.165, 1.54) is 0 Å². The molecule has 99 valence electrons. The van der Waals surface area contributed by atoms with Gasteiger partial charge in [0.15, 0.2) is 5.28 Å². The van der Waals surface area contributed by atoms with Gasteiger partial charge in [-0.2, -0.15) is 0 Å². The number of hydrogen-bond acceptors (Lipinski definition) is 2. The molecule has 1 aromatic rings. The van der Waals surface area contributed by atoms with Crippen molar-refractivity contribution in [1.29, 1.82) is 0 Å². The van der Waals surface area contributed by atoms with Gasteiger partial charge in [-0.25, -0.2) is 0 Å². The van der Waals surface area contributed by atoms with Crippen LogP contribution in [0.3, 0.4) is 0 Å². The van der Waals surface area contributed by atoms with E-state index in [0.717, 1.165) is 0 Å². The summed E-state index contributed by atoms with van der Waals surface area (Å²) in [6.07, 6.45) is 0.619. The minimum atomic E-state index is -4.59. The van der Waals surface area contributed by atoms with Crippen LogP contribution < -0.4 is 0 Å². The first-order valence-corrected chi connectivity index (χ1v) is 7.42. The van der Waals surface area contributed by atoms with Gasteiger partial charge < -0.3 is 9.79 Å². The van der Waals surface area contributed by atoms with Gasteiger partial charge in [0.1, 0.15) is 0 Å². The van der Waals surface area contributed by atoms with Crippen LogP contribution in [0.1, 0.15) is 32.3 Å². The monoisotopic (exact) mass is 270 g/mol. The first kappa shape index (κ1) is 13.7. The van der Waals surface area contributed by atoms with Gasteiger partial charge >= 0.3 is 7.60 Å². The highest BCUT2D eigenvalue weighted by molar-refractivity contribution is 7.53. The zero-order chi connectivity index (χ0) is 13.6. The van der Waals surface area contributed by atoms with Gasteiger partial charge in [-0.3, -0.25) is 4.57 Å². The van der Waals surface area contributed by atoms with Crippen molar-refractivity contribution in [1.82, 2.24) is 5.06 Å². The first-order valence-electron chi connectivity index (χ1n) is 5.80. The molecule has 1 radical (unpaired) electrons. The molecule has 5 nitrogen and oxygen atoms in total. The van der Waals surface area contributed by atoms with Crippen LogP contribution in [0.2, 0.25) is 0 Å². The summed E-state index contributed by atoms with van der Waals surface area (Å²) >= 11 is 0. The molecule has 1 aliphatic heterocycles. The topological polar surface area (TPSA) is 80.7 Å². The molecule has 1 aromatic carbocycles. The summed E-state index contributed by atoms with van der Waals surface area (Å²) in [4.78, 5) is 19.4. The average molecular weight is 270 g/mol. The lowest BCUT2D eigenvalue weighted by atomic mass is 10.0. The molecule has 0 aromatic heterocycles. The lowest BCUT2D eigenvalue weighted by molar-refractivity contribution is -0.238. The molecular weight excluding hydrogens is 253 g/mol. The third-order valence-electron chi connectivity index (χ3n) is 3.69. The van der Waals surface area contributed by atoms with E-state index < -0.39 is 18.4 Å². The molecule has 2 rings (SSSR count). The Kier molecular flexibility index (Phi) is 3.16. The second-order valence-electron chi connectivity index (χ2n) is 5.33. The second-order valence-corrected chi connectivity index (χ2v) is 7.16. The smallest absolute Gasteiger partial charge is 0.323 e. The van der Waals surface area contributed by atoms with Crippen molar-refractivity contribution < 1.29 is 19.6 Å². The van der Waals surface area contributed by atoms with Gasteiger partial charge in [-0.05, 0) is 32.3 Å². The van der Waals surface area contributed by atoms with E-state index in [1.807, 2.05) is 0 Å². The number of benzene rings is 1. The zero-order valence-electron chi connectivity index (χ0n) is 10.4. The quantitative estimate of drug-likeness (QED) is 0.807. The SMILES string of the molecule is CC1(C)CCC(c2ccccc2)(P(=O)(O)O)N1[O]. The van der Waals surface area contributed by atoms with Crippen LogP contribution in [-0.4, -0.2) is 20.4 Å². The highest BCUT2D eigenvalue weighted by Crippen LogP contribution is 2.66. The van der Waals surface area contributed by atoms with Gasteiger partial charge in [0.05, 0.1) is 0 Å². The molecule has 6 heteroatoms. The number of nitrogens with zero attached hydrogens (tertiary/aromatic N) is 1. The molecule has 1 unspecified atom stereocenters. The van der Waals surface area contributed by atoms with E-state index in [2.05, 4.69) is 0 Å². The van der Waals surface area contributed by atoms with Crippen molar-refractivity contribution in [3.05, 3.63) is 35.9 Å². The van der Waals surface area contributed by atoms with Crippen molar-refractivity contribution in [3.8, 4) is 0 Å². The predicted octanol–water partition coefficient (Wildman–Crippen LogP) is 2.24. The maximum absolute atomic E-state index is 12.4. The highest BCUT2D eigenvalue weighted by Gasteiger charge is 2.62. The fraction of sp³-hybridized carbons (Fsp3) is 0.500. The van der Waals surface area contributed by atoms with E-state index in [9.17, 15) is 19.6 Å². The van der Waals surface area contributed by atoms with Gasteiger partial charge in [0.2, 0.25) is 0 Å². The van der Waals surface area contributed by atoms with E-state index in [1.54, 1.807) is 44.2 Å². The molecule has 1 heterocycles. The van der Waals surface area contributed by atoms with Crippen molar-refractivity contribution in [2.75, 3.05) is 0 Å². The van der Waals surface area contributed by atoms with Crippen LogP contribution in [-0.2, 0) is 15.1 Å². The summed E-state index contributed by atoms with van der Waals surface area (Å²) in [5.41, 5.74) is -0.379. The summed E-state index contributed by atoms with van der Waals surface area (Å²) in [5.74, 6) is 0. The standard InChI is InChI=1S/C12H17NO4P/c1-11(2)8-9-12(13(11)14,18(15,16)17)10-6-4-3-5-7-10/h3-7H,8-9H2,1-2H3,(H2,15,16,17). The molecule has 18 heavy (non-hydrogen) atoms. The molecule has 0 bridgehead atoms. The van der Waals surface area contributed by atoms with Crippen LogP contribution in [0.5, 0.6) is 0 Å². The normalized spacial score (nSPS) is 28.5. The van der Waals surface area contributed by atoms with Gasteiger partial charge in [0.25, 0.3) is 0 Å². The first-order chi connectivity index (χ1) is 8.22. The summed E-state index contributed by atoms with van der Waals surface area (Å²) in [7, 11) is -4.59. The van der Waals surface area contributed by atoms with Gasteiger partial charge in [-0.15, -0.1) is 10.3 Å². The summed E-state index contributed by atoms with van der Waals surface area (Å²) in [6, 6.07) is 8.33. The number of rotatable bonds is 2. The Balaban J connectivity index is 2.62. The zero-order valence-corrected chi connectivity index (χ0v) is 11.3. The van der Waals surface area contributed by atoms with Crippen LogP contribution in [0, 0.1) is 0 Å². The molecule has 1 fully saturated rings. The second kappa shape index (κ2) is 4.15. The summed E-state index contributed by atoms with van der Waals surface area (Å²) in [5, 5.41) is 11.3. The largest absolute Gasteiger partial charge is 0.352 e. The van der Waals surface area contributed by atoms with Crippen LogP contribution >= 0.6 is 7.60 Å². The third kappa shape index (κ3) is 1.83. The average Bonchev–Trinajstić information content (AvgIpc) is 2.53. The molecule has 1 aliphatic rings. The number of hydrogen-bond donors (Lipinski definition) is 2. The van der Waals surface area contributed by atoms with E-state index in [-0.39, 0.29) is 6.42 Å². The van der Waals surface area contributed by atoms with E-state index >= 15 is 0 Å². The van der Waals surface area contributed by atoms with E-state index in [4.69, 9.17) is 0 Å². The van der Waals surface area contributed by atoms with Crippen LogP contribution in [0.4, 0.5) is 0 Å². The van der Waals surface area contributed by atoms with Crippen molar-refractivity contribution in [3.63, 3.8) is 0 Å².